The van der Waals surface area contributed by atoms with Gasteiger partial charge < -0.3 is 19.9 Å². The van der Waals surface area contributed by atoms with Gasteiger partial charge in [-0.25, -0.2) is 4.99 Å². The van der Waals surface area contributed by atoms with E-state index in [1.807, 2.05) is 18.5 Å². The van der Waals surface area contributed by atoms with E-state index < -0.39 is 0 Å². The average Bonchev–Trinajstić information content (AvgIpc) is 3.25. The SMILES string of the molecule is COCCCNC(=NCc1nnc(C)n1C)NC1CC(C)N(Cc2ccccc2)C1.I. The third kappa shape index (κ3) is 7.73. The minimum absolute atomic E-state index is 0. The summed E-state index contributed by atoms with van der Waals surface area (Å²) in [7, 11) is 3.70. The van der Waals surface area contributed by atoms with Gasteiger partial charge in [0.2, 0.25) is 0 Å². The summed E-state index contributed by atoms with van der Waals surface area (Å²) in [6, 6.07) is 11.6. The van der Waals surface area contributed by atoms with Crippen LogP contribution >= 0.6 is 24.0 Å². The second kappa shape index (κ2) is 13.0. The molecule has 1 saturated heterocycles. The van der Waals surface area contributed by atoms with Crippen molar-refractivity contribution in [3.05, 3.63) is 47.5 Å². The van der Waals surface area contributed by atoms with Gasteiger partial charge in [0.25, 0.3) is 0 Å². The van der Waals surface area contributed by atoms with Crippen LogP contribution in [0, 0.1) is 6.92 Å². The predicted molar refractivity (Wildman–Crippen MR) is 135 cm³/mol. The molecule has 8 nitrogen and oxygen atoms in total. The van der Waals surface area contributed by atoms with Gasteiger partial charge in [-0.3, -0.25) is 4.90 Å². The Morgan fingerprint density at radius 3 is 2.71 bits per heavy atom. The van der Waals surface area contributed by atoms with Crippen LogP contribution in [0.25, 0.3) is 0 Å². The number of aliphatic imine (C=N–C) groups is 1. The van der Waals surface area contributed by atoms with Gasteiger partial charge in [0.15, 0.2) is 11.8 Å². The number of aromatic nitrogens is 3. The summed E-state index contributed by atoms with van der Waals surface area (Å²) in [5, 5.41) is 15.4. The minimum atomic E-state index is 0. The molecule has 0 amide bonds. The Bertz CT molecular complexity index is 811. The number of guanidine groups is 1. The fourth-order valence-corrected chi connectivity index (χ4v) is 3.75. The van der Waals surface area contributed by atoms with Gasteiger partial charge in [-0.05, 0) is 32.3 Å². The zero-order chi connectivity index (χ0) is 21.3. The molecule has 2 aromatic rings. The summed E-state index contributed by atoms with van der Waals surface area (Å²) >= 11 is 0. The van der Waals surface area contributed by atoms with E-state index >= 15 is 0 Å². The number of rotatable bonds is 9. The molecule has 1 aromatic carbocycles. The largest absolute Gasteiger partial charge is 0.385 e. The van der Waals surface area contributed by atoms with Crippen LogP contribution in [0.4, 0.5) is 0 Å². The van der Waals surface area contributed by atoms with Crippen LogP contribution in [-0.4, -0.2) is 64.5 Å². The second-order valence-electron chi connectivity index (χ2n) is 8.00. The van der Waals surface area contributed by atoms with Crippen LogP contribution in [0.15, 0.2) is 35.3 Å². The lowest BCUT2D eigenvalue weighted by atomic mass is 10.2. The number of halogens is 1. The van der Waals surface area contributed by atoms with E-state index in [-0.39, 0.29) is 24.0 Å². The Morgan fingerprint density at radius 2 is 2.03 bits per heavy atom. The van der Waals surface area contributed by atoms with E-state index in [0.717, 1.165) is 56.7 Å². The zero-order valence-corrected chi connectivity index (χ0v) is 21.4. The number of hydrogen-bond acceptors (Lipinski definition) is 5. The predicted octanol–water partition coefficient (Wildman–Crippen LogP) is 2.48. The lowest BCUT2D eigenvalue weighted by Gasteiger charge is -2.21. The van der Waals surface area contributed by atoms with Crippen molar-refractivity contribution in [1.29, 1.82) is 0 Å². The molecule has 1 fully saturated rings. The third-order valence-corrected chi connectivity index (χ3v) is 5.65. The maximum Gasteiger partial charge on any atom is 0.191 e. The van der Waals surface area contributed by atoms with Crippen molar-refractivity contribution in [2.45, 2.75) is 51.9 Å². The quantitative estimate of drug-likeness (QED) is 0.220. The van der Waals surface area contributed by atoms with E-state index in [1.165, 1.54) is 5.56 Å². The van der Waals surface area contributed by atoms with Crippen LogP contribution in [0.3, 0.4) is 0 Å². The number of nitrogens with zero attached hydrogens (tertiary/aromatic N) is 5. The van der Waals surface area contributed by atoms with Crippen molar-refractivity contribution in [2.24, 2.45) is 12.0 Å². The van der Waals surface area contributed by atoms with Crippen molar-refractivity contribution in [3.8, 4) is 0 Å². The number of hydrogen-bond donors (Lipinski definition) is 2. The Hall–Kier alpha value is -1.72. The summed E-state index contributed by atoms with van der Waals surface area (Å²) in [5.41, 5.74) is 1.36. The highest BCUT2D eigenvalue weighted by atomic mass is 127. The third-order valence-electron chi connectivity index (χ3n) is 5.65. The monoisotopic (exact) mass is 541 g/mol. The molecule has 2 atom stereocenters. The molecule has 1 aliphatic heterocycles. The van der Waals surface area contributed by atoms with Crippen molar-refractivity contribution in [2.75, 3.05) is 26.8 Å². The topological polar surface area (TPSA) is 79.6 Å². The number of benzene rings is 1. The van der Waals surface area contributed by atoms with E-state index in [2.05, 4.69) is 63.0 Å². The highest BCUT2D eigenvalue weighted by Gasteiger charge is 2.29. The van der Waals surface area contributed by atoms with Gasteiger partial charge in [-0.2, -0.15) is 0 Å². The molecule has 2 N–H and O–H groups in total. The summed E-state index contributed by atoms with van der Waals surface area (Å²) < 4.78 is 7.14. The van der Waals surface area contributed by atoms with Gasteiger partial charge in [0, 0.05) is 52.5 Å². The molecule has 0 spiro atoms. The molecule has 172 valence electrons. The van der Waals surface area contributed by atoms with Crippen LogP contribution in [0.1, 0.15) is 37.0 Å². The molecule has 0 aliphatic carbocycles. The van der Waals surface area contributed by atoms with Crippen LogP contribution < -0.4 is 10.6 Å². The molecule has 2 heterocycles. The van der Waals surface area contributed by atoms with Crippen molar-refractivity contribution in [3.63, 3.8) is 0 Å². The fourth-order valence-electron chi connectivity index (χ4n) is 3.75. The Morgan fingerprint density at radius 1 is 1.26 bits per heavy atom. The van der Waals surface area contributed by atoms with E-state index in [4.69, 9.17) is 9.73 Å². The van der Waals surface area contributed by atoms with Gasteiger partial charge in [-0.1, -0.05) is 30.3 Å². The summed E-state index contributed by atoms with van der Waals surface area (Å²) in [4.78, 5) is 7.30. The van der Waals surface area contributed by atoms with Crippen LogP contribution in [-0.2, 0) is 24.9 Å². The molecule has 1 aromatic heterocycles. The molecule has 0 bridgehead atoms. The molecular weight excluding hydrogens is 505 g/mol. The van der Waals surface area contributed by atoms with Gasteiger partial charge in [0.1, 0.15) is 12.4 Å². The minimum Gasteiger partial charge on any atom is -0.385 e. The van der Waals surface area contributed by atoms with Crippen molar-refractivity contribution < 1.29 is 4.74 Å². The lowest BCUT2D eigenvalue weighted by Crippen LogP contribution is -2.45. The van der Waals surface area contributed by atoms with Crippen molar-refractivity contribution >= 4 is 29.9 Å². The zero-order valence-electron chi connectivity index (χ0n) is 19.0. The molecule has 2 unspecified atom stereocenters. The maximum atomic E-state index is 5.16. The first-order valence-electron chi connectivity index (χ1n) is 10.7. The standard InChI is InChI=1S/C22H35N7O.HI/c1-17-13-20(16-29(17)15-19-9-6-5-7-10-19)25-22(23-11-8-12-30-4)24-14-21-27-26-18(2)28(21)3;/h5-7,9-10,17,20H,8,11-16H2,1-4H3,(H2,23,24,25);1H. The first-order chi connectivity index (χ1) is 14.6. The fraction of sp³-hybridized carbons (Fsp3) is 0.591. The molecule has 0 radical (unpaired) electrons. The molecule has 3 rings (SSSR count). The van der Waals surface area contributed by atoms with Gasteiger partial charge in [-0.15, -0.1) is 34.2 Å². The Kier molecular flexibility index (Phi) is 10.7. The number of nitrogens with one attached hydrogen (secondary N) is 2. The smallest absolute Gasteiger partial charge is 0.191 e. The number of likely N-dealkylation sites (tertiary alicyclic amines) is 1. The van der Waals surface area contributed by atoms with Gasteiger partial charge >= 0.3 is 0 Å². The van der Waals surface area contributed by atoms with E-state index in [1.54, 1.807) is 7.11 Å². The molecule has 0 saturated carbocycles. The van der Waals surface area contributed by atoms with E-state index in [0.29, 0.717) is 18.6 Å². The molecule has 9 heteroatoms. The maximum absolute atomic E-state index is 5.16. The van der Waals surface area contributed by atoms with Crippen LogP contribution in [0.5, 0.6) is 0 Å². The first kappa shape index (κ1) is 25.5. The number of methoxy groups -OCH3 is 1. The summed E-state index contributed by atoms with van der Waals surface area (Å²) in [5.74, 6) is 2.57. The van der Waals surface area contributed by atoms with E-state index in [9.17, 15) is 0 Å². The highest BCUT2D eigenvalue weighted by molar-refractivity contribution is 14.0. The number of ether oxygens (including phenoxy) is 1. The number of aryl methyl sites for hydroxylation is 1. The summed E-state index contributed by atoms with van der Waals surface area (Å²) in [6.07, 6.45) is 2.02. The lowest BCUT2D eigenvalue weighted by molar-refractivity contribution is 0.195. The Balaban J connectivity index is 0.00000341. The summed E-state index contributed by atoms with van der Waals surface area (Å²) in [6.45, 7) is 8.26. The second-order valence-corrected chi connectivity index (χ2v) is 8.00. The Labute approximate surface area is 202 Å². The van der Waals surface area contributed by atoms with Gasteiger partial charge in [0.05, 0.1) is 0 Å². The van der Waals surface area contributed by atoms with Crippen molar-refractivity contribution in [1.82, 2.24) is 30.3 Å². The molecular formula is C22H36IN7O. The van der Waals surface area contributed by atoms with Crippen LogP contribution in [0.2, 0.25) is 0 Å². The molecule has 31 heavy (non-hydrogen) atoms. The first-order valence-corrected chi connectivity index (χ1v) is 10.7. The molecule has 1 aliphatic rings. The highest BCUT2D eigenvalue weighted by Crippen LogP contribution is 2.20. The average molecular weight is 541 g/mol. The normalized spacial score (nSPS) is 19.3.